The van der Waals surface area contributed by atoms with Gasteiger partial charge in [0.25, 0.3) is 0 Å². The molecule has 0 unspecified atom stereocenters. The summed E-state index contributed by atoms with van der Waals surface area (Å²) in [5, 5.41) is 4.07. The summed E-state index contributed by atoms with van der Waals surface area (Å²) in [5.41, 5.74) is 1.75. The number of allylic oxidation sites excluding steroid dienone is 1. The lowest BCUT2D eigenvalue weighted by molar-refractivity contribution is 0.549. The lowest BCUT2D eigenvalue weighted by atomic mass is 9.90. The van der Waals surface area contributed by atoms with Crippen LogP contribution < -0.4 is 0 Å². The minimum atomic E-state index is -4.65. The predicted octanol–water partition coefficient (Wildman–Crippen LogP) is 6.09. The van der Waals surface area contributed by atoms with Crippen LogP contribution in [-0.4, -0.2) is 14.2 Å². The lowest BCUT2D eigenvalue weighted by Crippen LogP contribution is -2.09. The SMILES string of the molecule is O=S(=O)(F)C[C@H](/C=C/c1ccccc1)c1cc2ccccc2c2ccccc12. The van der Waals surface area contributed by atoms with Crippen LogP contribution in [0.25, 0.3) is 27.6 Å². The molecule has 0 aliphatic carbocycles. The number of halogens is 1. The summed E-state index contributed by atoms with van der Waals surface area (Å²) < 4.78 is 36.8. The van der Waals surface area contributed by atoms with Crippen molar-refractivity contribution in [1.29, 1.82) is 0 Å². The number of hydrogen-bond acceptors (Lipinski definition) is 2. The van der Waals surface area contributed by atoms with Crippen LogP contribution in [0.5, 0.6) is 0 Å². The zero-order valence-electron chi connectivity index (χ0n) is 15.1. The molecule has 0 saturated heterocycles. The maximum Gasteiger partial charge on any atom is 0.303 e. The van der Waals surface area contributed by atoms with Crippen molar-refractivity contribution in [1.82, 2.24) is 0 Å². The maximum absolute atomic E-state index is 13.7. The van der Waals surface area contributed by atoms with Crippen molar-refractivity contribution in [2.45, 2.75) is 5.92 Å². The van der Waals surface area contributed by atoms with Crippen LogP contribution in [0.4, 0.5) is 3.89 Å². The molecule has 140 valence electrons. The molecular formula is C24H19FO2S. The van der Waals surface area contributed by atoms with Crippen LogP contribution in [0.3, 0.4) is 0 Å². The van der Waals surface area contributed by atoms with Gasteiger partial charge in [0.1, 0.15) is 0 Å². The van der Waals surface area contributed by atoms with Crippen LogP contribution in [-0.2, 0) is 10.2 Å². The molecule has 0 N–H and O–H groups in total. The van der Waals surface area contributed by atoms with Gasteiger partial charge in [0.15, 0.2) is 0 Å². The first-order valence-corrected chi connectivity index (χ1v) is 10.6. The predicted molar refractivity (Wildman–Crippen MR) is 115 cm³/mol. The first kappa shape index (κ1) is 18.4. The van der Waals surface area contributed by atoms with E-state index in [-0.39, 0.29) is 0 Å². The molecule has 0 saturated carbocycles. The summed E-state index contributed by atoms with van der Waals surface area (Å²) in [4.78, 5) is 0. The van der Waals surface area contributed by atoms with Crippen LogP contribution in [0.1, 0.15) is 17.0 Å². The lowest BCUT2D eigenvalue weighted by Gasteiger charge is -2.16. The Hall–Kier alpha value is -2.98. The topological polar surface area (TPSA) is 34.1 Å². The highest BCUT2D eigenvalue weighted by atomic mass is 32.3. The van der Waals surface area contributed by atoms with Crippen molar-refractivity contribution in [3.05, 3.63) is 102 Å². The van der Waals surface area contributed by atoms with Crippen LogP contribution in [0.15, 0.2) is 91.0 Å². The molecule has 0 spiro atoms. The number of rotatable bonds is 5. The van der Waals surface area contributed by atoms with E-state index in [1.807, 2.05) is 91.0 Å². The molecule has 0 heterocycles. The van der Waals surface area contributed by atoms with Crippen LogP contribution >= 0.6 is 0 Å². The van der Waals surface area contributed by atoms with E-state index in [4.69, 9.17) is 0 Å². The van der Waals surface area contributed by atoms with E-state index < -0.39 is 21.9 Å². The van der Waals surface area contributed by atoms with E-state index in [1.165, 1.54) is 0 Å². The Bertz CT molecular complexity index is 1260. The third kappa shape index (κ3) is 3.97. The van der Waals surface area contributed by atoms with Gasteiger partial charge in [-0.25, -0.2) is 0 Å². The van der Waals surface area contributed by atoms with E-state index in [0.717, 1.165) is 32.7 Å². The third-order valence-corrected chi connectivity index (χ3v) is 5.66. The molecule has 28 heavy (non-hydrogen) atoms. The average Bonchev–Trinajstić information content (AvgIpc) is 2.70. The molecule has 1 atom stereocenters. The second-order valence-electron chi connectivity index (χ2n) is 6.81. The second kappa shape index (κ2) is 7.56. The third-order valence-electron chi connectivity index (χ3n) is 4.90. The molecule has 2 nitrogen and oxygen atoms in total. The fourth-order valence-electron chi connectivity index (χ4n) is 3.64. The molecule has 0 aliphatic rings. The van der Waals surface area contributed by atoms with Gasteiger partial charge in [-0.1, -0.05) is 91.0 Å². The summed E-state index contributed by atoms with van der Waals surface area (Å²) in [5.74, 6) is -1.18. The van der Waals surface area contributed by atoms with Gasteiger partial charge in [-0.05, 0) is 38.7 Å². The monoisotopic (exact) mass is 390 g/mol. The van der Waals surface area contributed by atoms with Crippen molar-refractivity contribution in [2.24, 2.45) is 0 Å². The van der Waals surface area contributed by atoms with Crippen LogP contribution in [0, 0.1) is 0 Å². The largest absolute Gasteiger partial charge is 0.303 e. The van der Waals surface area contributed by atoms with E-state index in [2.05, 4.69) is 0 Å². The standard InChI is InChI=1S/C24H19FO2S/c25-28(26,27)17-20(15-14-18-8-2-1-3-9-18)24-16-19-10-4-5-11-21(19)22-12-6-7-13-23(22)24/h1-16,20H,17H2/b15-14+/t20-/m0/s1. The molecule has 0 amide bonds. The smallest absolute Gasteiger partial charge is 0.195 e. The van der Waals surface area contributed by atoms with Crippen LogP contribution in [0.2, 0.25) is 0 Å². The normalized spacial score (nSPS) is 13.3. The summed E-state index contributed by atoms with van der Waals surface area (Å²) in [6, 6.07) is 27.4. The summed E-state index contributed by atoms with van der Waals surface area (Å²) in [6.45, 7) is 0. The van der Waals surface area contributed by atoms with Gasteiger partial charge in [0.2, 0.25) is 0 Å². The fourth-order valence-corrected chi connectivity index (χ4v) is 4.36. The summed E-state index contributed by atoms with van der Waals surface area (Å²) >= 11 is 0. The second-order valence-corrected chi connectivity index (χ2v) is 8.23. The average molecular weight is 390 g/mol. The summed E-state index contributed by atoms with van der Waals surface area (Å²) in [6.07, 6.45) is 3.63. The van der Waals surface area contributed by atoms with E-state index in [9.17, 15) is 12.3 Å². The fraction of sp³-hybridized carbons (Fsp3) is 0.0833. The van der Waals surface area contributed by atoms with Gasteiger partial charge in [0.05, 0.1) is 5.75 Å². The van der Waals surface area contributed by atoms with Gasteiger partial charge in [-0.3, -0.25) is 0 Å². The first-order chi connectivity index (χ1) is 13.5. The Balaban J connectivity index is 1.92. The van der Waals surface area contributed by atoms with Crippen molar-refractivity contribution in [3.63, 3.8) is 0 Å². The molecule has 0 bridgehead atoms. The van der Waals surface area contributed by atoms with Crippen molar-refractivity contribution < 1.29 is 12.3 Å². The Morgan fingerprint density at radius 1 is 0.786 bits per heavy atom. The zero-order valence-corrected chi connectivity index (χ0v) is 15.9. The molecule has 4 aromatic carbocycles. The maximum atomic E-state index is 13.7. The molecule has 0 aromatic heterocycles. The van der Waals surface area contributed by atoms with Gasteiger partial charge < -0.3 is 0 Å². The highest BCUT2D eigenvalue weighted by Crippen LogP contribution is 2.34. The minimum Gasteiger partial charge on any atom is -0.195 e. The quantitative estimate of drug-likeness (QED) is 0.305. The zero-order chi connectivity index (χ0) is 19.6. The Kier molecular flexibility index (Phi) is 4.97. The molecule has 0 aliphatic heterocycles. The number of benzene rings is 4. The number of hydrogen-bond donors (Lipinski definition) is 0. The van der Waals surface area contributed by atoms with Crippen molar-refractivity contribution in [3.8, 4) is 0 Å². The molecule has 0 radical (unpaired) electrons. The van der Waals surface area contributed by atoms with Gasteiger partial charge in [-0.15, -0.1) is 3.89 Å². The van der Waals surface area contributed by atoms with Crippen molar-refractivity contribution in [2.75, 3.05) is 5.75 Å². The number of fused-ring (bicyclic) bond motifs is 3. The van der Waals surface area contributed by atoms with Gasteiger partial charge >= 0.3 is 10.2 Å². The molecular weight excluding hydrogens is 371 g/mol. The Labute approximate surface area is 164 Å². The first-order valence-electron chi connectivity index (χ1n) is 9.07. The highest BCUT2D eigenvalue weighted by molar-refractivity contribution is 7.86. The van der Waals surface area contributed by atoms with Gasteiger partial charge in [0, 0.05) is 5.92 Å². The Morgan fingerprint density at radius 3 is 2.11 bits per heavy atom. The van der Waals surface area contributed by atoms with Crippen molar-refractivity contribution >= 4 is 37.8 Å². The van der Waals surface area contributed by atoms with E-state index >= 15 is 0 Å². The molecule has 4 heteroatoms. The van der Waals surface area contributed by atoms with E-state index in [1.54, 1.807) is 6.08 Å². The summed E-state index contributed by atoms with van der Waals surface area (Å²) in [7, 11) is -4.65. The molecule has 4 rings (SSSR count). The Morgan fingerprint density at radius 2 is 1.39 bits per heavy atom. The van der Waals surface area contributed by atoms with E-state index in [0.29, 0.717) is 0 Å². The van der Waals surface area contributed by atoms with Gasteiger partial charge in [-0.2, -0.15) is 8.42 Å². The molecule has 0 fully saturated rings. The highest BCUT2D eigenvalue weighted by Gasteiger charge is 2.21. The molecule has 4 aromatic rings. The minimum absolute atomic E-state index is 0.585.